The first-order valence-electron chi connectivity index (χ1n) is 7.12. The summed E-state index contributed by atoms with van der Waals surface area (Å²) in [7, 11) is 0. The second-order valence-electron chi connectivity index (χ2n) is 5.39. The topological polar surface area (TPSA) is 126 Å². The molecule has 22 heavy (non-hydrogen) atoms. The van der Waals surface area contributed by atoms with Gasteiger partial charge in [-0.3, -0.25) is 4.79 Å². The van der Waals surface area contributed by atoms with Crippen molar-refractivity contribution in [2.45, 2.75) is 25.3 Å². The number of benzene rings is 1. The highest BCUT2D eigenvalue weighted by atomic mass is 16.5. The molecule has 2 aliphatic heterocycles. The number of nitrogens with zero attached hydrogens (tertiary/aromatic N) is 1. The molecule has 1 amide bonds. The molecule has 114 valence electrons. The smallest absolute Gasteiger partial charge is 0.241 e. The number of rotatable bonds is 2. The largest absolute Gasteiger partial charge is 0.438 e. The van der Waals surface area contributed by atoms with E-state index < -0.39 is 0 Å². The number of amides is 1. The molecule has 1 fully saturated rings. The third kappa shape index (κ3) is 2.44. The van der Waals surface area contributed by atoms with E-state index in [1.165, 1.54) is 0 Å². The fourth-order valence-corrected chi connectivity index (χ4v) is 2.69. The minimum Gasteiger partial charge on any atom is -0.438 e. The molecule has 7 nitrogen and oxygen atoms in total. The molecule has 1 unspecified atom stereocenters. The summed E-state index contributed by atoms with van der Waals surface area (Å²) >= 11 is 0. The van der Waals surface area contributed by atoms with Crippen molar-refractivity contribution in [1.82, 2.24) is 5.32 Å². The number of allylic oxidation sites excluding steroid dienone is 1. The van der Waals surface area contributed by atoms with Crippen LogP contribution in [0, 0.1) is 11.3 Å². The quantitative estimate of drug-likeness (QED) is 0.592. The van der Waals surface area contributed by atoms with Crippen molar-refractivity contribution >= 4 is 17.3 Å². The standard InChI is InChI=1S/C15H17N5O2/c16-7-9-6-8-3-4-10(12(17)13(8)22-14(9)18)20-15(21)11-2-1-5-19-11/h3-4,11,19H,1-2,5-6,17-18H2,(H,20,21). The first kappa shape index (κ1) is 14.2. The molecular weight excluding hydrogens is 282 g/mol. The zero-order valence-corrected chi connectivity index (χ0v) is 12.0. The van der Waals surface area contributed by atoms with Crippen LogP contribution in [0.5, 0.6) is 5.75 Å². The van der Waals surface area contributed by atoms with Crippen LogP contribution in [0.15, 0.2) is 23.6 Å². The van der Waals surface area contributed by atoms with Gasteiger partial charge < -0.3 is 26.8 Å². The molecule has 1 aromatic rings. The highest BCUT2D eigenvalue weighted by Gasteiger charge is 2.25. The van der Waals surface area contributed by atoms with E-state index >= 15 is 0 Å². The van der Waals surface area contributed by atoms with Gasteiger partial charge in [0.15, 0.2) is 5.75 Å². The molecule has 0 saturated carbocycles. The van der Waals surface area contributed by atoms with E-state index in [9.17, 15) is 4.79 Å². The van der Waals surface area contributed by atoms with Crippen LogP contribution in [-0.4, -0.2) is 18.5 Å². The Hall–Kier alpha value is -2.72. The fraction of sp³-hybridized carbons (Fsp3) is 0.333. The summed E-state index contributed by atoms with van der Waals surface area (Å²) in [6, 6.07) is 5.33. The summed E-state index contributed by atoms with van der Waals surface area (Å²) in [6.07, 6.45) is 2.17. The van der Waals surface area contributed by atoms with Crippen LogP contribution < -0.4 is 26.8 Å². The number of hydrogen-bond donors (Lipinski definition) is 4. The highest BCUT2D eigenvalue weighted by molar-refractivity contribution is 5.98. The molecule has 2 heterocycles. The average Bonchev–Trinajstić information content (AvgIpc) is 3.04. The second kappa shape index (κ2) is 5.58. The summed E-state index contributed by atoms with van der Waals surface area (Å²) in [6.45, 7) is 0.846. The molecule has 6 N–H and O–H groups in total. The number of nitrogen functional groups attached to an aromatic ring is 1. The Morgan fingerprint density at radius 2 is 2.27 bits per heavy atom. The summed E-state index contributed by atoms with van der Waals surface area (Å²) in [4.78, 5) is 12.2. The number of nitriles is 1. The van der Waals surface area contributed by atoms with Gasteiger partial charge in [0, 0.05) is 12.0 Å². The van der Waals surface area contributed by atoms with Crippen LogP contribution in [0.2, 0.25) is 0 Å². The van der Waals surface area contributed by atoms with Gasteiger partial charge in [0.25, 0.3) is 0 Å². The summed E-state index contributed by atoms with van der Waals surface area (Å²) in [5, 5.41) is 14.9. The van der Waals surface area contributed by atoms with Gasteiger partial charge in [-0.15, -0.1) is 0 Å². The van der Waals surface area contributed by atoms with Crippen LogP contribution in [0.3, 0.4) is 0 Å². The third-order valence-corrected chi connectivity index (χ3v) is 3.92. The Morgan fingerprint density at radius 1 is 1.45 bits per heavy atom. The van der Waals surface area contributed by atoms with Gasteiger partial charge in [-0.2, -0.15) is 5.26 Å². The number of ether oxygens (including phenoxy) is 1. The molecule has 1 saturated heterocycles. The summed E-state index contributed by atoms with van der Waals surface area (Å²) < 4.78 is 5.46. The van der Waals surface area contributed by atoms with Gasteiger partial charge in [0.2, 0.25) is 11.8 Å². The monoisotopic (exact) mass is 299 g/mol. The molecule has 3 rings (SSSR count). The lowest BCUT2D eigenvalue weighted by atomic mass is 10.0. The van der Waals surface area contributed by atoms with Crippen molar-refractivity contribution in [2.75, 3.05) is 17.6 Å². The molecule has 0 aliphatic carbocycles. The van der Waals surface area contributed by atoms with E-state index in [1.54, 1.807) is 12.1 Å². The molecule has 1 aromatic carbocycles. The lowest BCUT2D eigenvalue weighted by molar-refractivity contribution is -0.117. The SMILES string of the molecule is N#CC1=C(N)Oc2c(ccc(NC(=O)C3CCCN3)c2N)C1. The van der Waals surface area contributed by atoms with Crippen molar-refractivity contribution in [1.29, 1.82) is 5.26 Å². The van der Waals surface area contributed by atoms with E-state index in [0.29, 0.717) is 29.1 Å². The summed E-state index contributed by atoms with van der Waals surface area (Å²) in [5.41, 5.74) is 13.8. The number of hydrogen-bond acceptors (Lipinski definition) is 6. The number of nitrogens with one attached hydrogen (secondary N) is 2. The maximum absolute atomic E-state index is 12.2. The van der Waals surface area contributed by atoms with E-state index in [-0.39, 0.29) is 17.8 Å². The molecule has 7 heteroatoms. The van der Waals surface area contributed by atoms with Crippen molar-refractivity contribution in [3.8, 4) is 11.8 Å². The Balaban J connectivity index is 1.84. The Kier molecular flexibility index (Phi) is 3.61. The molecule has 1 atom stereocenters. The number of nitrogens with two attached hydrogens (primary N) is 2. The molecule has 0 spiro atoms. The van der Waals surface area contributed by atoms with Crippen molar-refractivity contribution in [3.05, 3.63) is 29.2 Å². The van der Waals surface area contributed by atoms with Gasteiger partial charge in [-0.05, 0) is 25.5 Å². The van der Waals surface area contributed by atoms with E-state index in [2.05, 4.69) is 10.6 Å². The third-order valence-electron chi connectivity index (χ3n) is 3.92. The zero-order valence-electron chi connectivity index (χ0n) is 12.0. The molecular formula is C15H17N5O2. The van der Waals surface area contributed by atoms with Crippen LogP contribution >= 0.6 is 0 Å². The summed E-state index contributed by atoms with van der Waals surface area (Å²) in [5.74, 6) is 0.359. The first-order chi connectivity index (χ1) is 10.6. The minimum atomic E-state index is -0.188. The first-order valence-corrected chi connectivity index (χ1v) is 7.12. The molecule has 2 aliphatic rings. The lowest BCUT2D eigenvalue weighted by Crippen LogP contribution is -2.35. The van der Waals surface area contributed by atoms with Gasteiger partial charge >= 0.3 is 0 Å². The number of anilines is 2. The van der Waals surface area contributed by atoms with E-state index in [0.717, 1.165) is 24.9 Å². The Labute approximate surface area is 127 Å². The molecule has 0 bridgehead atoms. The van der Waals surface area contributed by atoms with Gasteiger partial charge in [0.1, 0.15) is 6.07 Å². The number of carbonyl (C=O) groups excluding carboxylic acids is 1. The van der Waals surface area contributed by atoms with Gasteiger partial charge in [-0.1, -0.05) is 6.07 Å². The van der Waals surface area contributed by atoms with Crippen LogP contribution in [0.1, 0.15) is 18.4 Å². The lowest BCUT2D eigenvalue weighted by Gasteiger charge is -2.21. The predicted octanol–water partition coefficient (Wildman–Crippen LogP) is 0.588. The maximum Gasteiger partial charge on any atom is 0.241 e. The highest BCUT2D eigenvalue weighted by Crippen LogP contribution is 2.38. The molecule has 0 aromatic heterocycles. The predicted molar refractivity (Wildman–Crippen MR) is 81.7 cm³/mol. The second-order valence-corrected chi connectivity index (χ2v) is 5.39. The van der Waals surface area contributed by atoms with Crippen LogP contribution in [0.4, 0.5) is 11.4 Å². The average molecular weight is 299 g/mol. The van der Waals surface area contributed by atoms with E-state index in [4.69, 9.17) is 21.5 Å². The van der Waals surface area contributed by atoms with Crippen molar-refractivity contribution in [3.63, 3.8) is 0 Å². The Morgan fingerprint density at radius 3 is 2.95 bits per heavy atom. The van der Waals surface area contributed by atoms with Gasteiger partial charge in [-0.25, -0.2) is 0 Å². The van der Waals surface area contributed by atoms with Crippen LogP contribution in [0.25, 0.3) is 0 Å². The van der Waals surface area contributed by atoms with Crippen molar-refractivity contribution in [2.24, 2.45) is 5.73 Å². The Bertz CT molecular complexity index is 699. The van der Waals surface area contributed by atoms with Crippen molar-refractivity contribution < 1.29 is 9.53 Å². The number of fused-ring (bicyclic) bond motifs is 1. The molecule has 0 radical (unpaired) electrons. The van der Waals surface area contributed by atoms with Crippen LogP contribution in [-0.2, 0) is 11.2 Å². The maximum atomic E-state index is 12.2. The minimum absolute atomic E-state index is 0.0580. The normalized spacial score (nSPS) is 20.0. The fourth-order valence-electron chi connectivity index (χ4n) is 2.69. The van der Waals surface area contributed by atoms with Gasteiger partial charge in [0.05, 0.1) is 23.0 Å². The number of carbonyl (C=O) groups is 1. The zero-order chi connectivity index (χ0) is 15.7. The van der Waals surface area contributed by atoms with E-state index in [1.807, 2.05) is 6.07 Å².